The van der Waals surface area contributed by atoms with Gasteiger partial charge in [0.1, 0.15) is 12.2 Å². The van der Waals surface area contributed by atoms with Crippen LogP contribution in [0.25, 0.3) is 0 Å². The molecule has 0 bridgehead atoms. The number of ether oxygens (including phenoxy) is 2. The van der Waals surface area contributed by atoms with Crippen molar-refractivity contribution in [3.05, 3.63) is 0 Å². The average Bonchev–Trinajstić information content (AvgIpc) is 2.34. The highest BCUT2D eigenvalue weighted by Gasteiger charge is 2.26. The summed E-state index contributed by atoms with van der Waals surface area (Å²) in [4.78, 5) is 21.8. The van der Waals surface area contributed by atoms with Crippen LogP contribution in [0.5, 0.6) is 0 Å². The molecule has 4 nitrogen and oxygen atoms in total. The van der Waals surface area contributed by atoms with Gasteiger partial charge in [-0.2, -0.15) is 0 Å². The minimum Gasteiger partial charge on any atom is -0.461 e. The quantitative estimate of drug-likeness (QED) is 0.462. The van der Waals surface area contributed by atoms with Gasteiger partial charge in [0.15, 0.2) is 0 Å². The molecule has 0 N–H and O–H groups in total. The standard InChI is InChI=1S/C13H24O4/c1-5-10(4)8-12(16-9-14)11(6-2)17-13(15)7-3/h9-12H,5-8H2,1-4H3. The van der Waals surface area contributed by atoms with Crippen molar-refractivity contribution < 1.29 is 19.1 Å². The van der Waals surface area contributed by atoms with Gasteiger partial charge in [0, 0.05) is 6.42 Å². The lowest BCUT2D eigenvalue weighted by molar-refractivity contribution is -0.162. The Kier molecular flexibility index (Phi) is 8.46. The Labute approximate surface area is 104 Å². The van der Waals surface area contributed by atoms with Gasteiger partial charge in [-0.15, -0.1) is 0 Å². The van der Waals surface area contributed by atoms with Gasteiger partial charge in [-0.3, -0.25) is 9.59 Å². The number of esters is 1. The molecule has 3 atom stereocenters. The summed E-state index contributed by atoms with van der Waals surface area (Å²) in [7, 11) is 0. The average molecular weight is 244 g/mol. The third-order valence-corrected chi connectivity index (χ3v) is 2.95. The molecule has 0 saturated carbocycles. The molecule has 0 spiro atoms. The van der Waals surface area contributed by atoms with E-state index in [0.717, 1.165) is 12.8 Å². The molecule has 0 heterocycles. The molecule has 100 valence electrons. The molecule has 0 aliphatic rings. The van der Waals surface area contributed by atoms with Gasteiger partial charge in [0.2, 0.25) is 0 Å². The van der Waals surface area contributed by atoms with Crippen LogP contribution in [0.4, 0.5) is 0 Å². The maximum Gasteiger partial charge on any atom is 0.305 e. The van der Waals surface area contributed by atoms with Gasteiger partial charge in [-0.1, -0.05) is 34.1 Å². The van der Waals surface area contributed by atoms with Crippen molar-refractivity contribution in [3.8, 4) is 0 Å². The van der Waals surface area contributed by atoms with E-state index in [1.807, 2.05) is 6.92 Å². The number of carbonyl (C=O) groups excluding carboxylic acids is 2. The van der Waals surface area contributed by atoms with E-state index in [4.69, 9.17) is 9.47 Å². The molecule has 4 heteroatoms. The normalized spacial score (nSPS) is 15.8. The molecule has 0 aliphatic heterocycles. The molecule has 0 aromatic heterocycles. The van der Waals surface area contributed by atoms with E-state index in [1.165, 1.54) is 0 Å². The predicted molar refractivity (Wildman–Crippen MR) is 65.5 cm³/mol. The molecule has 0 rings (SSSR count). The number of carbonyl (C=O) groups is 2. The van der Waals surface area contributed by atoms with Crippen LogP contribution in [0.2, 0.25) is 0 Å². The Balaban J connectivity index is 4.49. The van der Waals surface area contributed by atoms with Crippen molar-refractivity contribution in [2.75, 3.05) is 0 Å². The van der Waals surface area contributed by atoms with Crippen molar-refractivity contribution in [1.29, 1.82) is 0 Å². The number of hydrogen-bond acceptors (Lipinski definition) is 4. The summed E-state index contributed by atoms with van der Waals surface area (Å²) in [5, 5.41) is 0. The third-order valence-electron chi connectivity index (χ3n) is 2.95. The Morgan fingerprint density at radius 1 is 1.18 bits per heavy atom. The minimum absolute atomic E-state index is 0.250. The van der Waals surface area contributed by atoms with Gasteiger partial charge in [0.05, 0.1) is 0 Å². The molecule has 0 amide bonds. The monoisotopic (exact) mass is 244 g/mol. The first-order valence-electron chi connectivity index (χ1n) is 6.37. The molecule has 0 radical (unpaired) electrons. The summed E-state index contributed by atoms with van der Waals surface area (Å²) in [5.74, 6) is 0.190. The lowest BCUT2D eigenvalue weighted by atomic mass is 9.96. The lowest BCUT2D eigenvalue weighted by Gasteiger charge is -2.26. The van der Waals surface area contributed by atoms with E-state index < -0.39 is 0 Å². The van der Waals surface area contributed by atoms with Gasteiger partial charge >= 0.3 is 5.97 Å². The van der Waals surface area contributed by atoms with Crippen LogP contribution in [-0.4, -0.2) is 24.6 Å². The summed E-state index contributed by atoms with van der Waals surface area (Å²) >= 11 is 0. The van der Waals surface area contributed by atoms with E-state index in [0.29, 0.717) is 25.2 Å². The smallest absolute Gasteiger partial charge is 0.305 e. The molecular formula is C13H24O4. The zero-order valence-electron chi connectivity index (χ0n) is 11.3. The van der Waals surface area contributed by atoms with E-state index in [-0.39, 0.29) is 18.2 Å². The summed E-state index contributed by atoms with van der Waals surface area (Å²) in [6, 6.07) is 0. The maximum atomic E-state index is 11.3. The first kappa shape index (κ1) is 15.9. The van der Waals surface area contributed by atoms with E-state index in [9.17, 15) is 9.59 Å². The lowest BCUT2D eigenvalue weighted by Crippen LogP contribution is -2.34. The van der Waals surface area contributed by atoms with Crippen LogP contribution in [-0.2, 0) is 19.1 Å². The fourth-order valence-corrected chi connectivity index (χ4v) is 1.60. The summed E-state index contributed by atoms with van der Waals surface area (Å²) in [6.45, 7) is 8.29. The zero-order valence-corrected chi connectivity index (χ0v) is 11.3. The SMILES string of the molecule is CCC(=O)OC(CC)C(CC(C)CC)OC=O. The first-order valence-corrected chi connectivity index (χ1v) is 6.37. The van der Waals surface area contributed by atoms with Gasteiger partial charge in [-0.25, -0.2) is 0 Å². The van der Waals surface area contributed by atoms with Crippen LogP contribution in [0.3, 0.4) is 0 Å². The molecule has 17 heavy (non-hydrogen) atoms. The van der Waals surface area contributed by atoms with Crippen molar-refractivity contribution in [3.63, 3.8) is 0 Å². The van der Waals surface area contributed by atoms with E-state index >= 15 is 0 Å². The molecule has 0 saturated heterocycles. The Morgan fingerprint density at radius 3 is 2.24 bits per heavy atom. The highest BCUT2D eigenvalue weighted by molar-refractivity contribution is 5.69. The molecular weight excluding hydrogens is 220 g/mol. The molecule has 3 unspecified atom stereocenters. The van der Waals surface area contributed by atoms with E-state index in [1.54, 1.807) is 6.92 Å². The second-order valence-corrected chi connectivity index (χ2v) is 4.31. The van der Waals surface area contributed by atoms with Crippen LogP contribution < -0.4 is 0 Å². The molecule has 0 aromatic rings. The topological polar surface area (TPSA) is 52.6 Å². The highest BCUT2D eigenvalue weighted by Crippen LogP contribution is 2.19. The second-order valence-electron chi connectivity index (χ2n) is 4.31. The first-order chi connectivity index (χ1) is 8.08. The molecule has 0 fully saturated rings. The van der Waals surface area contributed by atoms with Gasteiger partial charge < -0.3 is 9.47 Å². The summed E-state index contributed by atoms with van der Waals surface area (Å²) in [5.41, 5.74) is 0. The van der Waals surface area contributed by atoms with Crippen LogP contribution in [0.15, 0.2) is 0 Å². The van der Waals surface area contributed by atoms with Gasteiger partial charge in [-0.05, 0) is 18.8 Å². The molecule has 0 aromatic carbocycles. The van der Waals surface area contributed by atoms with E-state index in [2.05, 4.69) is 13.8 Å². The predicted octanol–water partition coefficient (Wildman–Crippen LogP) is 2.70. The minimum atomic E-state index is -0.332. The Hall–Kier alpha value is -1.06. The largest absolute Gasteiger partial charge is 0.461 e. The number of rotatable bonds is 9. The summed E-state index contributed by atoms with van der Waals surface area (Å²) in [6.07, 6.45) is 2.07. The highest BCUT2D eigenvalue weighted by atomic mass is 16.6. The maximum absolute atomic E-state index is 11.3. The zero-order chi connectivity index (χ0) is 13.3. The van der Waals surface area contributed by atoms with Crippen LogP contribution in [0.1, 0.15) is 53.4 Å². The fourth-order valence-electron chi connectivity index (χ4n) is 1.60. The third kappa shape index (κ3) is 6.29. The Bertz CT molecular complexity index is 227. The van der Waals surface area contributed by atoms with Gasteiger partial charge in [0.25, 0.3) is 6.47 Å². The van der Waals surface area contributed by atoms with Crippen molar-refractivity contribution in [1.82, 2.24) is 0 Å². The van der Waals surface area contributed by atoms with Crippen LogP contribution in [0, 0.1) is 5.92 Å². The van der Waals surface area contributed by atoms with Crippen molar-refractivity contribution in [2.45, 2.75) is 65.6 Å². The Morgan fingerprint density at radius 2 is 1.82 bits per heavy atom. The second kappa shape index (κ2) is 9.02. The van der Waals surface area contributed by atoms with Crippen molar-refractivity contribution in [2.24, 2.45) is 5.92 Å². The van der Waals surface area contributed by atoms with Crippen molar-refractivity contribution >= 4 is 12.4 Å². The fraction of sp³-hybridized carbons (Fsp3) is 0.846. The summed E-state index contributed by atoms with van der Waals surface area (Å²) < 4.78 is 10.3. The van der Waals surface area contributed by atoms with Crippen LogP contribution >= 0.6 is 0 Å². The molecule has 0 aliphatic carbocycles. The number of hydrogen-bond donors (Lipinski definition) is 0.